The van der Waals surface area contributed by atoms with Gasteiger partial charge in [0.05, 0.1) is 25.4 Å². The van der Waals surface area contributed by atoms with Gasteiger partial charge in [-0.2, -0.15) is 0 Å². The van der Waals surface area contributed by atoms with Crippen LogP contribution in [0.3, 0.4) is 0 Å². The van der Waals surface area contributed by atoms with E-state index in [1.54, 1.807) is 0 Å². The summed E-state index contributed by atoms with van der Waals surface area (Å²) in [6.45, 7) is 3.76. The largest absolute Gasteiger partial charge is 0.394 e. The molecule has 80 heavy (non-hydrogen) atoms. The van der Waals surface area contributed by atoms with Gasteiger partial charge in [0, 0.05) is 6.42 Å². The summed E-state index contributed by atoms with van der Waals surface area (Å²) in [7, 11) is 0. The maximum atomic E-state index is 13.1. The number of carbonyl (C=O) groups is 1. The number of hydrogen-bond donors (Lipinski definition) is 6. The molecule has 0 aromatic carbocycles. The fourth-order valence-electron chi connectivity index (χ4n) is 10.8. The molecule has 7 unspecified atom stereocenters. The van der Waals surface area contributed by atoms with E-state index in [9.17, 15) is 30.3 Å². The zero-order valence-corrected chi connectivity index (χ0v) is 52.1. The van der Waals surface area contributed by atoms with Crippen molar-refractivity contribution < 1.29 is 39.8 Å². The van der Waals surface area contributed by atoms with Crippen LogP contribution < -0.4 is 5.32 Å². The number of rotatable bonds is 59. The Bertz CT molecular complexity index is 1490. The highest BCUT2D eigenvalue weighted by Gasteiger charge is 2.44. The molecule has 6 N–H and O–H groups in total. The third-order valence-electron chi connectivity index (χ3n) is 16.1. The van der Waals surface area contributed by atoms with Crippen molar-refractivity contribution in [1.29, 1.82) is 0 Å². The number of aliphatic hydroxyl groups excluding tert-OH is 5. The highest BCUT2D eigenvalue weighted by molar-refractivity contribution is 5.76. The summed E-state index contributed by atoms with van der Waals surface area (Å²) in [5.41, 5.74) is 0. The number of aliphatic hydroxyl groups is 5. The number of nitrogens with one attached hydrogen (secondary N) is 1. The zero-order valence-electron chi connectivity index (χ0n) is 52.1. The minimum atomic E-state index is -1.56. The van der Waals surface area contributed by atoms with Crippen molar-refractivity contribution in [3.05, 3.63) is 72.9 Å². The SMILES string of the molecule is CC/C=C\C/C=C\C/C=C\C/C=C\C/C=C\C/C=C\CCCCCCCCCCCCC(=O)NC(COC1OC(CO)C(O)C(O)C1O)C(O)CCCCCCCCCCCCCCCCCCCCCCCCCCCCCC. The highest BCUT2D eigenvalue weighted by atomic mass is 16.7. The van der Waals surface area contributed by atoms with Crippen molar-refractivity contribution in [2.75, 3.05) is 13.2 Å². The summed E-state index contributed by atoms with van der Waals surface area (Å²) in [6, 6.07) is -0.727. The molecule has 1 fully saturated rings. The molecule has 1 aliphatic rings. The van der Waals surface area contributed by atoms with Crippen LogP contribution in [0, 0.1) is 0 Å². The smallest absolute Gasteiger partial charge is 0.220 e. The Morgan fingerprint density at radius 2 is 0.775 bits per heavy atom. The van der Waals surface area contributed by atoms with Crippen LogP contribution in [-0.4, -0.2) is 87.5 Å². The molecule has 0 spiro atoms. The van der Waals surface area contributed by atoms with Crippen molar-refractivity contribution in [3.63, 3.8) is 0 Å². The number of unbranched alkanes of at least 4 members (excludes halogenated alkanes) is 37. The molecule has 1 saturated heterocycles. The number of amides is 1. The lowest BCUT2D eigenvalue weighted by Crippen LogP contribution is -2.60. The van der Waals surface area contributed by atoms with Gasteiger partial charge in [-0.3, -0.25) is 4.79 Å². The van der Waals surface area contributed by atoms with Crippen LogP contribution in [0.2, 0.25) is 0 Å². The molecule has 7 atom stereocenters. The average Bonchev–Trinajstić information content (AvgIpc) is 3.46. The van der Waals surface area contributed by atoms with Crippen LogP contribution in [0.1, 0.15) is 316 Å². The molecular weight excluding hydrogens is 995 g/mol. The Kier molecular flexibility index (Phi) is 56.5. The van der Waals surface area contributed by atoms with Crippen LogP contribution >= 0.6 is 0 Å². The van der Waals surface area contributed by atoms with E-state index in [-0.39, 0.29) is 12.5 Å². The minimum absolute atomic E-state index is 0.141. The second-order valence-electron chi connectivity index (χ2n) is 23.6. The average molecular weight is 1120 g/mol. The number of ether oxygens (including phenoxy) is 2. The monoisotopic (exact) mass is 1120 g/mol. The standard InChI is InChI=1S/C71H129NO8/c1-3-5-7-9-11-13-15-17-19-21-23-25-27-29-31-33-35-37-39-41-43-45-47-49-51-53-55-57-59-61-67(75)72-64(63-79-71-70(78)69(77)68(76)66(62-73)80-71)65(74)60-58-56-54-52-50-48-46-44-42-40-38-36-34-32-30-28-26-24-22-20-18-16-14-12-10-8-6-4-2/h5,7,11,13,17,19,23,25,29,31,35,37,64-66,68-71,73-74,76-78H,3-4,6,8-10,12,14-16,18,20-22,24,26-28,30,32-34,36,38-63H2,1-2H3,(H,72,75)/b7-5-,13-11-,19-17-,25-23-,31-29-,37-35-. The van der Waals surface area contributed by atoms with Gasteiger partial charge in [0.25, 0.3) is 0 Å². The quantitative estimate of drug-likeness (QED) is 0.0261. The van der Waals surface area contributed by atoms with Gasteiger partial charge in [-0.1, -0.05) is 318 Å². The molecule has 0 radical (unpaired) electrons. The van der Waals surface area contributed by atoms with Gasteiger partial charge in [-0.25, -0.2) is 0 Å². The van der Waals surface area contributed by atoms with E-state index in [1.165, 1.54) is 205 Å². The van der Waals surface area contributed by atoms with E-state index in [0.29, 0.717) is 12.8 Å². The predicted octanol–water partition coefficient (Wildman–Crippen LogP) is 18.4. The Balaban J connectivity index is 2.14. The van der Waals surface area contributed by atoms with E-state index in [0.717, 1.165) is 83.5 Å². The van der Waals surface area contributed by atoms with Crippen LogP contribution in [0.25, 0.3) is 0 Å². The van der Waals surface area contributed by atoms with Crippen LogP contribution in [0.4, 0.5) is 0 Å². The Morgan fingerprint density at radius 1 is 0.438 bits per heavy atom. The Hall–Kier alpha value is -2.37. The molecule has 1 rings (SSSR count). The minimum Gasteiger partial charge on any atom is -0.394 e. The molecule has 9 nitrogen and oxygen atoms in total. The van der Waals surface area contributed by atoms with Gasteiger partial charge in [0.1, 0.15) is 24.4 Å². The molecule has 9 heteroatoms. The summed E-state index contributed by atoms with van der Waals surface area (Å²) in [4.78, 5) is 13.1. The van der Waals surface area contributed by atoms with E-state index in [1.807, 2.05) is 0 Å². The van der Waals surface area contributed by atoms with E-state index < -0.39 is 49.5 Å². The van der Waals surface area contributed by atoms with Crippen molar-refractivity contribution in [3.8, 4) is 0 Å². The first-order valence-electron chi connectivity index (χ1n) is 34.1. The van der Waals surface area contributed by atoms with E-state index >= 15 is 0 Å². The molecule has 0 bridgehead atoms. The third-order valence-corrected chi connectivity index (χ3v) is 16.1. The fraction of sp³-hybridized carbons (Fsp3) is 0.817. The lowest BCUT2D eigenvalue weighted by atomic mass is 9.99. The summed E-state index contributed by atoms with van der Waals surface area (Å²) in [5, 5.41) is 54.9. The predicted molar refractivity (Wildman–Crippen MR) is 341 cm³/mol. The molecule has 0 saturated carbocycles. The maximum absolute atomic E-state index is 13.1. The number of allylic oxidation sites excluding steroid dienone is 12. The van der Waals surface area contributed by atoms with Crippen LogP contribution in [0.5, 0.6) is 0 Å². The lowest BCUT2D eigenvalue weighted by molar-refractivity contribution is -0.302. The summed E-state index contributed by atoms with van der Waals surface area (Å²) in [6.07, 6.45) is 76.7. The van der Waals surface area contributed by atoms with E-state index in [2.05, 4.69) is 92.1 Å². The summed E-state index contributed by atoms with van der Waals surface area (Å²) < 4.78 is 11.4. The van der Waals surface area contributed by atoms with Gasteiger partial charge >= 0.3 is 0 Å². The van der Waals surface area contributed by atoms with Crippen molar-refractivity contribution in [1.82, 2.24) is 5.32 Å². The molecule has 1 aliphatic heterocycles. The number of carbonyl (C=O) groups excluding carboxylic acids is 1. The van der Waals surface area contributed by atoms with Crippen molar-refractivity contribution in [2.45, 2.75) is 358 Å². The lowest BCUT2D eigenvalue weighted by Gasteiger charge is -2.40. The Labute approximate surface area is 493 Å². The maximum Gasteiger partial charge on any atom is 0.220 e. The second kappa shape index (κ2) is 59.8. The fourth-order valence-corrected chi connectivity index (χ4v) is 10.8. The van der Waals surface area contributed by atoms with Gasteiger partial charge in [-0.15, -0.1) is 0 Å². The van der Waals surface area contributed by atoms with Crippen molar-refractivity contribution in [2.24, 2.45) is 0 Å². The number of hydrogen-bond acceptors (Lipinski definition) is 8. The second-order valence-corrected chi connectivity index (χ2v) is 23.6. The van der Waals surface area contributed by atoms with Gasteiger partial charge in [0.15, 0.2) is 6.29 Å². The first-order valence-corrected chi connectivity index (χ1v) is 34.1. The van der Waals surface area contributed by atoms with Crippen LogP contribution in [0.15, 0.2) is 72.9 Å². The zero-order chi connectivity index (χ0) is 57.9. The topological polar surface area (TPSA) is 149 Å². The molecule has 466 valence electrons. The van der Waals surface area contributed by atoms with Crippen LogP contribution in [-0.2, 0) is 14.3 Å². The normalized spacial score (nSPS) is 18.9. The highest BCUT2D eigenvalue weighted by Crippen LogP contribution is 2.24. The summed E-state index contributed by atoms with van der Waals surface area (Å²) >= 11 is 0. The van der Waals surface area contributed by atoms with Gasteiger partial charge < -0.3 is 40.3 Å². The third kappa shape index (κ3) is 48.0. The molecule has 1 amide bonds. The molecule has 0 aliphatic carbocycles. The van der Waals surface area contributed by atoms with Crippen molar-refractivity contribution >= 4 is 5.91 Å². The Morgan fingerprint density at radius 3 is 1.15 bits per heavy atom. The molecule has 0 aromatic rings. The van der Waals surface area contributed by atoms with Gasteiger partial charge in [-0.05, 0) is 64.2 Å². The molecule has 1 heterocycles. The first kappa shape index (κ1) is 75.6. The first-order chi connectivity index (χ1) is 39.3. The molecular formula is C71H129NO8. The summed E-state index contributed by atoms with van der Waals surface area (Å²) in [5.74, 6) is -0.147. The van der Waals surface area contributed by atoms with Gasteiger partial charge in [0.2, 0.25) is 5.91 Å². The van der Waals surface area contributed by atoms with E-state index in [4.69, 9.17) is 9.47 Å². The molecule has 0 aromatic heterocycles.